The molecule has 0 saturated carbocycles. The average molecular weight is 196 g/mol. The molecule has 1 saturated heterocycles. The van der Waals surface area contributed by atoms with E-state index in [0.717, 1.165) is 26.1 Å². The lowest BCUT2D eigenvalue weighted by Crippen LogP contribution is -2.34. The highest BCUT2D eigenvalue weighted by molar-refractivity contribution is 5.76. The van der Waals surface area contributed by atoms with Crippen molar-refractivity contribution in [3.05, 3.63) is 12.7 Å². The summed E-state index contributed by atoms with van der Waals surface area (Å²) in [5.41, 5.74) is 0. The van der Waals surface area contributed by atoms with Gasteiger partial charge in [-0.05, 0) is 38.3 Å². The number of carbonyl (C=O) groups excluding carboxylic acids is 1. The Morgan fingerprint density at radius 3 is 3.14 bits per heavy atom. The van der Waals surface area contributed by atoms with Crippen LogP contribution in [-0.4, -0.2) is 25.5 Å². The summed E-state index contributed by atoms with van der Waals surface area (Å²) in [7, 11) is 0. The Labute approximate surface area is 86.0 Å². The molecular formula is C11H20N2O. The molecule has 1 atom stereocenters. The molecule has 0 aromatic carbocycles. The highest BCUT2D eigenvalue weighted by Crippen LogP contribution is 2.13. The molecule has 0 spiro atoms. The Balaban J connectivity index is 2.09. The second-order valence-corrected chi connectivity index (χ2v) is 3.84. The third-order valence-corrected chi connectivity index (χ3v) is 2.54. The molecule has 0 aliphatic carbocycles. The standard InChI is InChI=1S/C11H20N2O/c1-2-3-7-13-11(14)8-10-5-4-6-12-9-10/h2,10,12H,1,3-9H2,(H,13,14). The van der Waals surface area contributed by atoms with Crippen molar-refractivity contribution < 1.29 is 4.79 Å². The van der Waals surface area contributed by atoms with Gasteiger partial charge >= 0.3 is 0 Å². The van der Waals surface area contributed by atoms with Gasteiger partial charge in [-0.2, -0.15) is 0 Å². The van der Waals surface area contributed by atoms with E-state index in [1.165, 1.54) is 12.8 Å². The van der Waals surface area contributed by atoms with Gasteiger partial charge in [0.05, 0.1) is 0 Å². The van der Waals surface area contributed by atoms with Crippen LogP contribution in [0.3, 0.4) is 0 Å². The van der Waals surface area contributed by atoms with Crippen LogP contribution in [0.4, 0.5) is 0 Å². The van der Waals surface area contributed by atoms with E-state index in [0.29, 0.717) is 12.3 Å². The van der Waals surface area contributed by atoms with Crippen LogP contribution in [0.1, 0.15) is 25.7 Å². The van der Waals surface area contributed by atoms with E-state index in [1.807, 2.05) is 6.08 Å². The molecule has 1 rings (SSSR count). The van der Waals surface area contributed by atoms with E-state index in [9.17, 15) is 4.79 Å². The molecule has 1 unspecified atom stereocenters. The molecular weight excluding hydrogens is 176 g/mol. The molecule has 1 heterocycles. The lowest BCUT2D eigenvalue weighted by atomic mass is 9.96. The van der Waals surface area contributed by atoms with Crippen molar-refractivity contribution in [3.63, 3.8) is 0 Å². The number of hydrogen-bond donors (Lipinski definition) is 2. The van der Waals surface area contributed by atoms with Crippen LogP contribution in [0.25, 0.3) is 0 Å². The monoisotopic (exact) mass is 196 g/mol. The number of rotatable bonds is 5. The first-order valence-corrected chi connectivity index (χ1v) is 5.41. The minimum absolute atomic E-state index is 0.181. The third-order valence-electron chi connectivity index (χ3n) is 2.54. The van der Waals surface area contributed by atoms with Crippen LogP contribution in [0.15, 0.2) is 12.7 Å². The molecule has 0 aromatic rings. The van der Waals surface area contributed by atoms with E-state index >= 15 is 0 Å². The molecule has 0 radical (unpaired) electrons. The highest BCUT2D eigenvalue weighted by atomic mass is 16.1. The predicted octanol–water partition coefficient (Wildman–Crippen LogP) is 1.07. The lowest BCUT2D eigenvalue weighted by Gasteiger charge is -2.21. The fourth-order valence-corrected chi connectivity index (χ4v) is 1.75. The molecule has 2 N–H and O–H groups in total. The Bertz CT molecular complexity index is 186. The third kappa shape index (κ3) is 4.42. The number of nitrogens with one attached hydrogen (secondary N) is 2. The van der Waals surface area contributed by atoms with Crippen molar-refractivity contribution in [3.8, 4) is 0 Å². The quantitative estimate of drug-likeness (QED) is 0.510. The van der Waals surface area contributed by atoms with Crippen LogP contribution < -0.4 is 10.6 Å². The molecule has 1 fully saturated rings. The Morgan fingerprint density at radius 2 is 2.50 bits per heavy atom. The van der Waals surface area contributed by atoms with E-state index in [2.05, 4.69) is 17.2 Å². The molecule has 14 heavy (non-hydrogen) atoms. The van der Waals surface area contributed by atoms with Gasteiger partial charge in [0.25, 0.3) is 0 Å². The van der Waals surface area contributed by atoms with Crippen LogP contribution in [-0.2, 0) is 4.79 Å². The smallest absolute Gasteiger partial charge is 0.220 e. The van der Waals surface area contributed by atoms with Crippen LogP contribution >= 0.6 is 0 Å². The maximum Gasteiger partial charge on any atom is 0.220 e. The van der Waals surface area contributed by atoms with Gasteiger partial charge in [-0.1, -0.05) is 6.08 Å². The minimum atomic E-state index is 0.181. The summed E-state index contributed by atoms with van der Waals surface area (Å²) < 4.78 is 0. The largest absolute Gasteiger partial charge is 0.356 e. The molecule has 1 amide bonds. The van der Waals surface area contributed by atoms with Crippen molar-refractivity contribution in [1.82, 2.24) is 10.6 Å². The van der Waals surface area contributed by atoms with Gasteiger partial charge in [0.2, 0.25) is 5.91 Å². The number of hydrogen-bond acceptors (Lipinski definition) is 2. The SMILES string of the molecule is C=CCCNC(=O)CC1CCCNC1. The lowest BCUT2D eigenvalue weighted by molar-refractivity contribution is -0.122. The number of piperidine rings is 1. The van der Waals surface area contributed by atoms with Crippen LogP contribution in [0.2, 0.25) is 0 Å². The summed E-state index contributed by atoms with van der Waals surface area (Å²) >= 11 is 0. The Kier molecular flexibility index (Phi) is 5.30. The van der Waals surface area contributed by atoms with E-state index in [1.54, 1.807) is 0 Å². The molecule has 3 nitrogen and oxygen atoms in total. The van der Waals surface area contributed by atoms with Crippen molar-refractivity contribution in [2.75, 3.05) is 19.6 Å². The molecule has 0 aromatic heterocycles. The normalized spacial score (nSPS) is 21.6. The van der Waals surface area contributed by atoms with Gasteiger partial charge in [0.15, 0.2) is 0 Å². The van der Waals surface area contributed by atoms with Gasteiger partial charge in [0, 0.05) is 13.0 Å². The summed E-state index contributed by atoms with van der Waals surface area (Å²) in [6, 6.07) is 0. The maximum absolute atomic E-state index is 11.4. The number of carbonyl (C=O) groups is 1. The first-order valence-electron chi connectivity index (χ1n) is 5.41. The van der Waals surface area contributed by atoms with Crippen LogP contribution in [0.5, 0.6) is 0 Å². The zero-order valence-corrected chi connectivity index (χ0v) is 8.72. The van der Waals surface area contributed by atoms with Gasteiger partial charge in [-0.3, -0.25) is 4.79 Å². The molecule has 3 heteroatoms. The van der Waals surface area contributed by atoms with Crippen molar-refractivity contribution in [2.45, 2.75) is 25.7 Å². The first-order chi connectivity index (χ1) is 6.83. The molecule has 80 valence electrons. The fraction of sp³-hybridized carbons (Fsp3) is 0.727. The van der Waals surface area contributed by atoms with Gasteiger partial charge in [-0.15, -0.1) is 6.58 Å². The summed E-state index contributed by atoms with van der Waals surface area (Å²) in [5.74, 6) is 0.716. The van der Waals surface area contributed by atoms with E-state index < -0.39 is 0 Å². The molecule has 0 bridgehead atoms. The predicted molar refractivity (Wildman–Crippen MR) is 58.0 cm³/mol. The van der Waals surface area contributed by atoms with E-state index in [-0.39, 0.29) is 5.91 Å². The second-order valence-electron chi connectivity index (χ2n) is 3.84. The summed E-state index contributed by atoms with van der Waals surface area (Å²) in [5, 5.41) is 6.20. The molecule has 1 aliphatic rings. The zero-order chi connectivity index (χ0) is 10.2. The average Bonchev–Trinajstić information content (AvgIpc) is 2.20. The van der Waals surface area contributed by atoms with Gasteiger partial charge in [0.1, 0.15) is 0 Å². The van der Waals surface area contributed by atoms with Gasteiger partial charge < -0.3 is 10.6 Å². The summed E-state index contributed by atoms with van der Waals surface area (Å²) in [6.45, 7) is 6.44. The molecule has 1 aliphatic heterocycles. The maximum atomic E-state index is 11.4. The topological polar surface area (TPSA) is 41.1 Å². The summed E-state index contributed by atoms with van der Waals surface area (Å²) in [4.78, 5) is 11.4. The Morgan fingerprint density at radius 1 is 1.64 bits per heavy atom. The van der Waals surface area contributed by atoms with E-state index in [4.69, 9.17) is 0 Å². The number of amides is 1. The fourth-order valence-electron chi connectivity index (χ4n) is 1.75. The first kappa shape index (κ1) is 11.2. The minimum Gasteiger partial charge on any atom is -0.356 e. The van der Waals surface area contributed by atoms with Crippen molar-refractivity contribution >= 4 is 5.91 Å². The second kappa shape index (κ2) is 6.60. The summed E-state index contributed by atoms with van der Waals surface area (Å²) in [6.07, 6.45) is 5.73. The van der Waals surface area contributed by atoms with Gasteiger partial charge in [-0.25, -0.2) is 0 Å². The highest BCUT2D eigenvalue weighted by Gasteiger charge is 2.15. The van der Waals surface area contributed by atoms with Crippen molar-refractivity contribution in [2.24, 2.45) is 5.92 Å². The Hall–Kier alpha value is -0.830. The zero-order valence-electron chi connectivity index (χ0n) is 8.72. The van der Waals surface area contributed by atoms with Crippen LogP contribution in [0, 0.1) is 5.92 Å². The van der Waals surface area contributed by atoms with Crippen molar-refractivity contribution in [1.29, 1.82) is 0 Å².